The van der Waals surface area contributed by atoms with Gasteiger partial charge in [0, 0.05) is 11.8 Å². The van der Waals surface area contributed by atoms with Crippen LogP contribution in [0.3, 0.4) is 0 Å². The average Bonchev–Trinajstić information content (AvgIpc) is 2.38. The first-order valence-corrected chi connectivity index (χ1v) is 5.38. The maximum absolute atomic E-state index is 12.6. The van der Waals surface area contributed by atoms with Gasteiger partial charge in [0.15, 0.2) is 0 Å². The number of nitrogens with zero attached hydrogens (tertiary/aromatic N) is 1. The normalized spacial score (nSPS) is 11.3. The smallest absolute Gasteiger partial charge is 0.313 e. The van der Waals surface area contributed by atoms with Crippen LogP contribution in [-0.2, 0) is 6.18 Å². The molecule has 8 heteroatoms. The van der Waals surface area contributed by atoms with Crippen LogP contribution in [0.15, 0.2) is 46.1 Å². The highest BCUT2D eigenvalue weighted by Crippen LogP contribution is 2.25. The highest BCUT2D eigenvalue weighted by molar-refractivity contribution is 5.97. The lowest BCUT2D eigenvalue weighted by atomic mass is 10.2. The number of H-pyrrole nitrogens is 1. The Balaban J connectivity index is 2.67. The third-order valence-electron chi connectivity index (χ3n) is 2.55. The Morgan fingerprint density at radius 2 is 1.75 bits per heavy atom. The van der Waals surface area contributed by atoms with Gasteiger partial charge in [0.25, 0.3) is 5.56 Å². The Morgan fingerprint density at radius 1 is 1.15 bits per heavy atom. The Hall–Kier alpha value is -2.64. The third-order valence-corrected chi connectivity index (χ3v) is 2.55. The number of halogens is 3. The van der Waals surface area contributed by atoms with Gasteiger partial charge in [-0.2, -0.15) is 13.2 Å². The summed E-state index contributed by atoms with van der Waals surface area (Å²) in [6.45, 7) is 0. The molecule has 2 N–H and O–H groups in total. The Morgan fingerprint density at radius 3 is 2.30 bits per heavy atom. The first kappa shape index (κ1) is 13.8. The van der Waals surface area contributed by atoms with Gasteiger partial charge in [-0.3, -0.25) is 10.2 Å². The Labute approximate surface area is 109 Å². The predicted octanol–water partition coefficient (Wildman–Crippen LogP) is 1.43. The Bertz CT molecular complexity index is 760. The van der Waals surface area contributed by atoms with Crippen molar-refractivity contribution in [1.82, 2.24) is 9.55 Å². The van der Waals surface area contributed by atoms with Crippen molar-refractivity contribution >= 4 is 5.84 Å². The van der Waals surface area contributed by atoms with Crippen LogP contribution in [0.4, 0.5) is 13.2 Å². The highest BCUT2D eigenvalue weighted by atomic mass is 19.4. The zero-order valence-electron chi connectivity index (χ0n) is 9.86. The summed E-state index contributed by atoms with van der Waals surface area (Å²) in [6, 6.07) is 7.53. The lowest BCUT2D eigenvalue weighted by molar-refractivity contribution is -0.139. The minimum absolute atomic E-state index is 0.151. The van der Waals surface area contributed by atoms with Crippen molar-refractivity contribution < 1.29 is 13.2 Å². The third kappa shape index (κ3) is 2.40. The summed E-state index contributed by atoms with van der Waals surface area (Å²) in [5, 5.41) is 7.73. The molecule has 0 saturated heterocycles. The van der Waals surface area contributed by atoms with Crippen molar-refractivity contribution in [1.29, 1.82) is 5.41 Å². The van der Waals surface area contributed by atoms with E-state index in [2.05, 4.69) is 0 Å². The van der Waals surface area contributed by atoms with E-state index < -0.39 is 28.8 Å². The summed E-state index contributed by atoms with van der Waals surface area (Å²) in [6.07, 6.45) is -4.60. The van der Waals surface area contributed by atoms with Crippen LogP contribution in [0, 0.1) is 5.41 Å². The van der Waals surface area contributed by atoms with E-state index in [1.165, 1.54) is 24.3 Å². The fraction of sp³-hybridized carbons (Fsp3) is 0.0833. The fourth-order valence-electron chi connectivity index (χ4n) is 1.60. The topological polar surface area (TPSA) is 78.7 Å². The van der Waals surface area contributed by atoms with Gasteiger partial charge in [0.1, 0.15) is 11.4 Å². The van der Waals surface area contributed by atoms with Crippen molar-refractivity contribution in [2.75, 3.05) is 0 Å². The summed E-state index contributed by atoms with van der Waals surface area (Å²) >= 11 is 0. The second-order valence-corrected chi connectivity index (χ2v) is 3.86. The van der Waals surface area contributed by atoms with Crippen LogP contribution in [0.1, 0.15) is 11.1 Å². The summed E-state index contributed by atoms with van der Waals surface area (Å²) in [7, 11) is 0. The molecule has 1 heterocycles. The largest absolute Gasteiger partial charge is 0.423 e. The number of alkyl halides is 3. The van der Waals surface area contributed by atoms with E-state index in [0.717, 1.165) is 0 Å². The number of benzene rings is 1. The fourth-order valence-corrected chi connectivity index (χ4v) is 1.60. The second kappa shape index (κ2) is 4.80. The summed E-state index contributed by atoms with van der Waals surface area (Å²) in [5.74, 6) is -0.622. The molecule has 0 bridgehead atoms. The van der Waals surface area contributed by atoms with Gasteiger partial charge in [-0.15, -0.1) is 0 Å². The van der Waals surface area contributed by atoms with Gasteiger partial charge in [-0.1, -0.05) is 30.3 Å². The van der Waals surface area contributed by atoms with Crippen LogP contribution in [0.2, 0.25) is 0 Å². The quantitative estimate of drug-likeness (QED) is 0.613. The maximum Gasteiger partial charge on any atom is 0.423 e. The van der Waals surface area contributed by atoms with Crippen LogP contribution < -0.4 is 11.2 Å². The summed E-state index contributed by atoms with van der Waals surface area (Å²) in [4.78, 5) is 25.1. The standard InChI is InChI=1S/C12H8F3N3O2/c13-12(14,15)8-6-17-11(20)18(10(8)19)9(16)7-4-2-1-3-5-7/h1-6,16H,(H,17,20). The Kier molecular flexibility index (Phi) is 3.31. The number of hydrogen-bond donors (Lipinski definition) is 2. The average molecular weight is 283 g/mol. The van der Waals surface area contributed by atoms with Crippen molar-refractivity contribution in [2.24, 2.45) is 0 Å². The van der Waals surface area contributed by atoms with E-state index in [1.807, 2.05) is 4.98 Å². The molecular weight excluding hydrogens is 275 g/mol. The van der Waals surface area contributed by atoms with Gasteiger partial charge in [0.2, 0.25) is 0 Å². The van der Waals surface area contributed by atoms with E-state index in [-0.39, 0.29) is 10.1 Å². The molecule has 0 atom stereocenters. The molecule has 0 fully saturated rings. The van der Waals surface area contributed by atoms with E-state index >= 15 is 0 Å². The zero-order chi connectivity index (χ0) is 14.9. The van der Waals surface area contributed by atoms with Crippen molar-refractivity contribution in [3.8, 4) is 0 Å². The molecule has 2 rings (SSSR count). The molecule has 0 saturated carbocycles. The summed E-state index contributed by atoms with van der Waals surface area (Å²) < 4.78 is 38.0. The van der Waals surface area contributed by atoms with E-state index in [0.29, 0.717) is 6.20 Å². The van der Waals surface area contributed by atoms with Gasteiger partial charge in [-0.05, 0) is 0 Å². The van der Waals surface area contributed by atoms with E-state index in [1.54, 1.807) is 6.07 Å². The molecule has 0 aliphatic rings. The maximum atomic E-state index is 12.6. The first-order valence-electron chi connectivity index (χ1n) is 5.38. The number of aromatic amines is 1. The minimum atomic E-state index is -4.90. The number of nitrogens with one attached hydrogen (secondary N) is 2. The minimum Gasteiger partial charge on any atom is -0.313 e. The van der Waals surface area contributed by atoms with Gasteiger partial charge < -0.3 is 4.98 Å². The number of hydrogen-bond acceptors (Lipinski definition) is 3. The molecule has 104 valence electrons. The monoisotopic (exact) mass is 283 g/mol. The van der Waals surface area contributed by atoms with Crippen LogP contribution >= 0.6 is 0 Å². The molecule has 5 nitrogen and oxygen atoms in total. The molecule has 0 aliphatic carbocycles. The predicted molar refractivity (Wildman–Crippen MR) is 65.0 cm³/mol. The van der Waals surface area contributed by atoms with Gasteiger partial charge in [-0.25, -0.2) is 9.36 Å². The van der Waals surface area contributed by atoms with E-state index in [9.17, 15) is 22.8 Å². The molecule has 0 spiro atoms. The molecule has 2 aromatic rings. The number of aromatic nitrogens is 2. The van der Waals surface area contributed by atoms with E-state index in [4.69, 9.17) is 5.41 Å². The highest BCUT2D eigenvalue weighted by Gasteiger charge is 2.35. The molecule has 0 aliphatic heterocycles. The van der Waals surface area contributed by atoms with Crippen LogP contribution in [0.5, 0.6) is 0 Å². The molecule has 0 unspecified atom stereocenters. The summed E-state index contributed by atoms with van der Waals surface area (Å²) in [5.41, 5.74) is -4.05. The molecule has 1 aromatic heterocycles. The lowest BCUT2D eigenvalue weighted by Gasteiger charge is -2.10. The SMILES string of the molecule is N=C(c1ccccc1)n1c(=O)[nH]cc(C(F)(F)F)c1=O. The molecule has 20 heavy (non-hydrogen) atoms. The second-order valence-electron chi connectivity index (χ2n) is 3.86. The molecule has 1 aromatic carbocycles. The van der Waals surface area contributed by atoms with Gasteiger partial charge >= 0.3 is 11.9 Å². The van der Waals surface area contributed by atoms with Gasteiger partial charge in [0.05, 0.1) is 0 Å². The van der Waals surface area contributed by atoms with Crippen LogP contribution in [-0.4, -0.2) is 15.4 Å². The number of rotatable bonds is 1. The zero-order valence-corrected chi connectivity index (χ0v) is 9.86. The molecular formula is C12H8F3N3O2. The van der Waals surface area contributed by atoms with Crippen molar-refractivity contribution in [3.05, 3.63) is 68.5 Å². The van der Waals surface area contributed by atoms with Crippen molar-refractivity contribution in [3.63, 3.8) is 0 Å². The first-order chi connectivity index (χ1) is 9.32. The lowest BCUT2D eigenvalue weighted by Crippen LogP contribution is -2.43. The van der Waals surface area contributed by atoms with Crippen molar-refractivity contribution in [2.45, 2.75) is 6.18 Å². The molecule has 0 radical (unpaired) electrons. The van der Waals surface area contributed by atoms with Crippen LogP contribution in [0.25, 0.3) is 0 Å². The molecule has 0 amide bonds.